The second-order valence-electron chi connectivity index (χ2n) is 4.87. The van der Waals surface area contributed by atoms with Crippen molar-refractivity contribution >= 4 is 68.8 Å². The second kappa shape index (κ2) is 7.08. The van der Waals surface area contributed by atoms with Gasteiger partial charge in [0.05, 0.1) is 4.91 Å². The summed E-state index contributed by atoms with van der Waals surface area (Å²) in [5, 5.41) is 8.83. The van der Waals surface area contributed by atoms with Gasteiger partial charge in [-0.05, 0) is 46.9 Å². The lowest BCUT2D eigenvalue weighted by Gasteiger charge is -2.09. The molecule has 0 radical (unpaired) electrons. The van der Waals surface area contributed by atoms with Crippen molar-refractivity contribution in [1.29, 1.82) is 0 Å². The number of benzene rings is 1. The predicted molar refractivity (Wildman–Crippen MR) is 104 cm³/mol. The number of nitrogens with zero attached hydrogens (tertiary/aromatic N) is 1. The molecule has 0 bridgehead atoms. The fourth-order valence-corrected chi connectivity index (χ4v) is 3.70. The second-order valence-corrected chi connectivity index (χ2v) is 7.79. The summed E-state index contributed by atoms with van der Waals surface area (Å²) in [4.78, 5) is 24.4. The lowest BCUT2D eigenvalue weighted by molar-refractivity contribution is -0.140. The highest BCUT2D eigenvalue weighted by molar-refractivity contribution is 14.1. The number of carbonyl (C=O) groups is 2. The van der Waals surface area contributed by atoms with Crippen LogP contribution >= 0.6 is 46.6 Å². The van der Waals surface area contributed by atoms with Gasteiger partial charge in [0.2, 0.25) is 0 Å². The van der Waals surface area contributed by atoms with E-state index in [1.165, 1.54) is 0 Å². The quantitative estimate of drug-likeness (QED) is 0.415. The first kappa shape index (κ1) is 17.2. The van der Waals surface area contributed by atoms with Crippen LogP contribution in [0.15, 0.2) is 45.7 Å². The molecule has 1 saturated heterocycles. The maximum absolute atomic E-state index is 12.2. The monoisotopic (exact) mass is 471 g/mol. The van der Waals surface area contributed by atoms with E-state index in [1.54, 1.807) is 12.1 Å². The molecule has 1 aliphatic heterocycles. The molecule has 122 valence electrons. The van der Waals surface area contributed by atoms with Crippen molar-refractivity contribution in [3.8, 4) is 11.3 Å². The maximum Gasteiger partial charge on any atom is 0.323 e. The number of hydrogen-bond donors (Lipinski definition) is 1. The van der Waals surface area contributed by atoms with E-state index in [9.17, 15) is 9.59 Å². The van der Waals surface area contributed by atoms with Gasteiger partial charge in [0.25, 0.3) is 5.91 Å². The highest BCUT2D eigenvalue weighted by Crippen LogP contribution is 2.33. The van der Waals surface area contributed by atoms with Crippen molar-refractivity contribution in [3.63, 3.8) is 0 Å². The number of halogens is 1. The summed E-state index contributed by atoms with van der Waals surface area (Å²) < 4.78 is 7.11. The summed E-state index contributed by atoms with van der Waals surface area (Å²) in [7, 11) is 0. The lowest BCUT2D eigenvalue weighted by Crippen LogP contribution is -2.33. The number of amides is 1. The van der Waals surface area contributed by atoms with E-state index >= 15 is 0 Å². The minimum absolute atomic E-state index is 0.234. The molecule has 1 aromatic heterocycles. The van der Waals surface area contributed by atoms with E-state index in [0.29, 0.717) is 16.4 Å². The lowest BCUT2D eigenvalue weighted by atomic mass is 10.2. The molecular weight excluding hydrogens is 461 g/mol. The third-order valence-electron chi connectivity index (χ3n) is 3.20. The number of aliphatic carboxylic acids is 1. The SMILES string of the molecule is O=C(O)CN1C(=O)C(=Cc2ccc(-c3ccc(I)cc3)o2)SC1=S. The fraction of sp³-hybridized carbons (Fsp3) is 0.0625. The van der Waals surface area contributed by atoms with Crippen LogP contribution in [0.1, 0.15) is 5.76 Å². The molecule has 8 heteroatoms. The number of furan rings is 1. The third-order valence-corrected chi connectivity index (χ3v) is 5.29. The normalized spacial score (nSPS) is 16.2. The van der Waals surface area contributed by atoms with Gasteiger partial charge in [0.15, 0.2) is 0 Å². The molecule has 1 fully saturated rings. The first-order valence-electron chi connectivity index (χ1n) is 6.77. The zero-order chi connectivity index (χ0) is 17.3. The molecule has 1 amide bonds. The molecule has 0 unspecified atom stereocenters. The van der Waals surface area contributed by atoms with Crippen molar-refractivity contribution in [2.75, 3.05) is 6.54 Å². The standard InChI is InChI=1S/C16H10INO4S2/c17-10-3-1-9(2-4-10)12-6-5-11(22-12)7-13-15(21)18(8-14(19)20)16(23)24-13/h1-7H,8H2,(H,19,20). The Morgan fingerprint density at radius 1 is 1.29 bits per heavy atom. The molecule has 1 N–H and O–H groups in total. The van der Waals surface area contributed by atoms with Crippen molar-refractivity contribution in [1.82, 2.24) is 4.90 Å². The molecule has 3 rings (SSSR count). The topological polar surface area (TPSA) is 70.8 Å². The van der Waals surface area contributed by atoms with Gasteiger partial charge < -0.3 is 9.52 Å². The van der Waals surface area contributed by atoms with Gasteiger partial charge in [-0.3, -0.25) is 14.5 Å². The molecule has 2 heterocycles. The van der Waals surface area contributed by atoms with Crippen LogP contribution in [0.2, 0.25) is 0 Å². The fourth-order valence-electron chi connectivity index (χ4n) is 2.10. The molecule has 1 aromatic carbocycles. The predicted octanol–water partition coefficient (Wildman–Crippen LogP) is 3.84. The molecule has 24 heavy (non-hydrogen) atoms. The summed E-state index contributed by atoms with van der Waals surface area (Å²) in [5.74, 6) is -0.316. The Morgan fingerprint density at radius 2 is 2.00 bits per heavy atom. The molecule has 5 nitrogen and oxygen atoms in total. The molecule has 1 aliphatic rings. The van der Waals surface area contributed by atoms with Gasteiger partial charge in [-0.15, -0.1) is 0 Å². The number of rotatable bonds is 4. The zero-order valence-corrected chi connectivity index (χ0v) is 15.9. The number of thiocarbonyl (C=S) groups is 1. The Labute approximate surface area is 160 Å². The van der Waals surface area contributed by atoms with Crippen LogP contribution in [0.4, 0.5) is 0 Å². The first-order valence-corrected chi connectivity index (χ1v) is 9.07. The average Bonchev–Trinajstić information content (AvgIpc) is 3.09. The Morgan fingerprint density at radius 3 is 2.67 bits per heavy atom. The summed E-state index contributed by atoms with van der Waals surface area (Å²) >= 11 is 8.36. The van der Waals surface area contributed by atoms with Crippen molar-refractivity contribution < 1.29 is 19.1 Å². The van der Waals surface area contributed by atoms with Gasteiger partial charge in [-0.1, -0.05) is 36.1 Å². The van der Waals surface area contributed by atoms with E-state index in [1.807, 2.05) is 30.3 Å². The van der Waals surface area contributed by atoms with E-state index in [4.69, 9.17) is 21.7 Å². The summed E-state index contributed by atoms with van der Waals surface area (Å²) in [6, 6.07) is 11.5. The van der Waals surface area contributed by atoms with Crippen LogP contribution in [-0.4, -0.2) is 32.7 Å². The number of thioether (sulfide) groups is 1. The van der Waals surface area contributed by atoms with Crippen LogP contribution in [-0.2, 0) is 9.59 Å². The van der Waals surface area contributed by atoms with E-state index in [2.05, 4.69) is 22.6 Å². The van der Waals surface area contributed by atoms with Crippen LogP contribution in [0.25, 0.3) is 17.4 Å². The van der Waals surface area contributed by atoms with Crippen molar-refractivity contribution in [3.05, 3.63) is 50.6 Å². The van der Waals surface area contributed by atoms with Crippen molar-refractivity contribution in [2.45, 2.75) is 0 Å². The summed E-state index contributed by atoms with van der Waals surface area (Å²) in [6.45, 7) is -0.436. The Hall–Kier alpha value is -1.65. The maximum atomic E-state index is 12.2. The van der Waals surface area contributed by atoms with Gasteiger partial charge >= 0.3 is 5.97 Å². The van der Waals surface area contributed by atoms with Crippen LogP contribution < -0.4 is 0 Å². The highest BCUT2D eigenvalue weighted by Gasteiger charge is 2.33. The Balaban J connectivity index is 1.82. The largest absolute Gasteiger partial charge is 0.480 e. The van der Waals surface area contributed by atoms with Gasteiger partial charge in [-0.25, -0.2) is 0 Å². The third kappa shape index (κ3) is 3.70. The van der Waals surface area contributed by atoms with Gasteiger partial charge in [0.1, 0.15) is 22.4 Å². The number of carboxylic acids is 1. The van der Waals surface area contributed by atoms with Gasteiger partial charge in [0, 0.05) is 15.2 Å². The Bertz CT molecular complexity index is 857. The van der Waals surface area contributed by atoms with E-state index in [0.717, 1.165) is 25.8 Å². The minimum atomic E-state index is -1.11. The molecule has 0 atom stereocenters. The zero-order valence-electron chi connectivity index (χ0n) is 12.1. The minimum Gasteiger partial charge on any atom is -0.480 e. The summed E-state index contributed by atoms with van der Waals surface area (Å²) in [5.41, 5.74) is 0.938. The van der Waals surface area contributed by atoms with E-state index < -0.39 is 18.4 Å². The van der Waals surface area contributed by atoms with Gasteiger partial charge in [-0.2, -0.15) is 0 Å². The number of carbonyl (C=O) groups excluding carboxylic acids is 1. The number of hydrogen-bond acceptors (Lipinski definition) is 5. The summed E-state index contributed by atoms with van der Waals surface area (Å²) in [6.07, 6.45) is 1.58. The van der Waals surface area contributed by atoms with E-state index in [-0.39, 0.29) is 4.32 Å². The van der Waals surface area contributed by atoms with Crippen LogP contribution in [0, 0.1) is 3.57 Å². The molecule has 0 aliphatic carbocycles. The highest BCUT2D eigenvalue weighted by atomic mass is 127. The molecule has 2 aromatic rings. The number of carboxylic acid groups (broad SMARTS) is 1. The van der Waals surface area contributed by atoms with Crippen LogP contribution in [0.5, 0.6) is 0 Å². The first-order chi connectivity index (χ1) is 11.4. The Kier molecular flexibility index (Phi) is 5.07. The molecular formula is C16H10INO4S2. The molecule has 0 spiro atoms. The molecule has 0 saturated carbocycles. The average molecular weight is 471 g/mol. The van der Waals surface area contributed by atoms with Crippen LogP contribution in [0.3, 0.4) is 0 Å². The van der Waals surface area contributed by atoms with Crippen molar-refractivity contribution in [2.24, 2.45) is 0 Å². The smallest absolute Gasteiger partial charge is 0.323 e.